The van der Waals surface area contributed by atoms with E-state index in [4.69, 9.17) is 0 Å². The largest absolute Gasteiger partial charge is 0.467 e. The zero-order chi connectivity index (χ0) is 16.5. The number of hydrogen-bond donors (Lipinski definition) is 1. The van der Waals surface area contributed by atoms with Crippen LogP contribution < -0.4 is 0 Å². The zero-order valence-corrected chi connectivity index (χ0v) is 14.7. The maximum absolute atomic E-state index is 11.0. The number of hydrogen-bond acceptors (Lipinski definition) is 3. The highest BCUT2D eigenvalue weighted by atomic mass is 16.5. The van der Waals surface area contributed by atoms with Crippen molar-refractivity contribution in [3.63, 3.8) is 0 Å². The third-order valence-corrected chi connectivity index (χ3v) is 3.96. The molecule has 0 heterocycles. The Balaban J connectivity index is 3.20. The Bertz CT molecular complexity index is 274. The molecule has 0 spiro atoms. The van der Waals surface area contributed by atoms with Crippen molar-refractivity contribution in [2.45, 2.75) is 96.5 Å². The minimum atomic E-state index is -0.938. The van der Waals surface area contributed by atoms with Crippen LogP contribution in [0.5, 0.6) is 0 Å². The quantitative estimate of drug-likeness (QED) is 0.258. The van der Waals surface area contributed by atoms with Gasteiger partial charge in [-0.2, -0.15) is 0 Å². The molecule has 130 valence electrons. The van der Waals surface area contributed by atoms with Gasteiger partial charge in [-0.1, -0.05) is 70.4 Å². The molecule has 0 aromatic carbocycles. The highest BCUT2D eigenvalue weighted by molar-refractivity contribution is 5.74. The van der Waals surface area contributed by atoms with E-state index in [1.807, 2.05) is 0 Å². The molecule has 0 aliphatic heterocycles. The van der Waals surface area contributed by atoms with Crippen molar-refractivity contribution in [3.05, 3.63) is 12.2 Å². The third-order valence-electron chi connectivity index (χ3n) is 3.96. The summed E-state index contributed by atoms with van der Waals surface area (Å²) in [7, 11) is 1.31. The van der Waals surface area contributed by atoms with Crippen LogP contribution >= 0.6 is 0 Å². The van der Waals surface area contributed by atoms with Gasteiger partial charge in [-0.25, -0.2) is 4.79 Å². The third kappa shape index (κ3) is 14.1. The van der Waals surface area contributed by atoms with Gasteiger partial charge in [0, 0.05) is 0 Å². The van der Waals surface area contributed by atoms with Crippen molar-refractivity contribution in [2.75, 3.05) is 7.11 Å². The first-order valence-corrected chi connectivity index (χ1v) is 9.13. The summed E-state index contributed by atoms with van der Waals surface area (Å²) in [6.07, 6.45) is 19.0. The molecule has 0 bridgehead atoms. The number of aliphatic hydroxyl groups is 1. The first-order chi connectivity index (χ1) is 10.7. The average molecular weight is 312 g/mol. The van der Waals surface area contributed by atoms with Gasteiger partial charge in [-0.3, -0.25) is 0 Å². The topological polar surface area (TPSA) is 46.5 Å². The maximum Gasteiger partial charge on any atom is 0.334 e. The van der Waals surface area contributed by atoms with E-state index in [0.717, 1.165) is 12.8 Å². The van der Waals surface area contributed by atoms with Gasteiger partial charge in [0.25, 0.3) is 0 Å². The summed E-state index contributed by atoms with van der Waals surface area (Å²) in [5, 5.41) is 9.43. The molecule has 0 aliphatic carbocycles. The fourth-order valence-corrected chi connectivity index (χ4v) is 2.49. The minimum Gasteiger partial charge on any atom is -0.467 e. The van der Waals surface area contributed by atoms with Gasteiger partial charge in [0.1, 0.15) is 0 Å². The molecule has 1 N–H and O–H groups in total. The maximum atomic E-state index is 11.0. The van der Waals surface area contributed by atoms with E-state index in [2.05, 4.69) is 23.8 Å². The molecular weight excluding hydrogens is 276 g/mol. The molecule has 3 heteroatoms. The molecular formula is C19H36O3. The van der Waals surface area contributed by atoms with E-state index in [1.54, 1.807) is 0 Å². The fraction of sp³-hybridized carbons (Fsp3) is 0.842. The predicted octanol–water partition coefficient (Wildman–Crippen LogP) is 5.17. The molecule has 3 nitrogen and oxygen atoms in total. The molecule has 0 fully saturated rings. The van der Waals surface area contributed by atoms with Crippen LogP contribution in [0.1, 0.15) is 90.4 Å². The summed E-state index contributed by atoms with van der Waals surface area (Å²) in [6, 6.07) is 0. The summed E-state index contributed by atoms with van der Waals surface area (Å²) in [5.74, 6) is -0.513. The molecule has 0 aromatic rings. The van der Waals surface area contributed by atoms with Gasteiger partial charge in [-0.05, 0) is 32.1 Å². The second kappa shape index (κ2) is 16.5. The highest BCUT2D eigenvalue weighted by Gasteiger charge is 2.13. The Labute approximate surface area is 137 Å². The van der Waals surface area contributed by atoms with E-state index in [1.165, 1.54) is 71.3 Å². The van der Waals surface area contributed by atoms with Crippen LogP contribution in [0.2, 0.25) is 0 Å². The minimum absolute atomic E-state index is 0.513. The molecule has 0 saturated heterocycles. The van der Waals surface area contributed by atoms with E-state index in [0.29, 0.717) is 6.42 Å². The Morgan fingerprint density at radius 1 is 0.909 bits per heavy atom. The smallest absolute Gasteiger partial charge is 0.334 e. The molecule has 0 aliphatic rings. The van der Waals surface area contributed by atoms with Crippen LogP contribution in [0.15, 0.2) is 12.2 Å². The summed E-state index contributed by atoms with van der Waals surface area (Å²) in [5.41, 5.74) is 0. The number of carbonyl (C=O) groups is 1. The van der Waals surface area contributed by atoms with Crippen LogP contribution in [-0.2, 0) is 9.53 Å². The lowest BCUT2D eigenvalue weighted by Gasteiger charge is -2.07. The van der Waals surface area contributed by atoms with Crippen LogP contribution in [0.25, 0.3) is 0 Å². The van der Waals surface area contributed by atoms with Crippen molar-refractivity contribution in [1.82, 2.24) is 0 Å². The fourth-order valence-electron chi connectivity index (χ4n) is 2.49. The number of rotatable bonds is 15. The van der Waals surface area contributed by atoms with Gasteiger partial charge in [0.15, 0.2) is 6.10 Å². The Morgan fingerprint density at radius 2 is 1.41 bits per heavy atom. The van der Waals surface area contributed by atoms with Crippen LogP contribution in [0.4, 0.5) is 0 Å². The van der Waals surface area contributed by atoms with Crippen molar-refractivity contribution < 1.29 is 14.6 Å². The number of aliphatic hydroxyl groups excluding tert-OH is 1. The number of ether oxygens (including phenoxy) is 1. The molecule has 22 heavy (non-hydrogen) atoms. The van der Waals surface area contributed by atoms with Crippen molar-refractivity contribution in [1.29, 1.82) is 0 Å². The van der Waals surface area contributed by atoms with Crippen LogP contribution in [0, 0.1) is 0 Å². The second-order valence-corrected chi connectivity index (χ2v) is 6.06. The van der Waals surface area contributed by atoms with Gasteiger partial charge in [-0.15, -0.1) is 0 Å². The molecule has 0 unspecified atom stereocenters. The summed E-state index contributed by atoms with van der Waals surface area (Å²) < 4.78 is 4.49. The van der Waals surface area contributed by atoms with Gasteiger partial charge < -0.3 is 9.84 Å². The SMILES string of the molecule is CCCCCC/C=C\CCCCCCCC[C@@H](O)C(=O)OC. The number of esters is 1. The first kappa shape index (κ1) is 21.2. The number of unbranched alkanes of at least 4 members (excludes halogenated alkanes) is 10. The molecule has 0 saturated carbocycles. The second-order valence-electron chi connectivity index (χ2n) is 6.06. The molecule has 0 rings (SSSR count). The normalized spacial score (nSPS) is 12.7. The monoisotopic (exact) mass is 312 g/mol. The lowest BCUT2D eigenvalue weighted by molar-refractivity contribution is -0.150. The standard InChI is InChI=1S/C19H36O3/c1-3-4-5-6-7-8-9-10-11-12-13-14-15-16-17-18(20)19(21)22-2/h8-9,18,20H,3-7,10-17H2,1-2H3/b9-8-/t18-/m1/s1. The number of carbonyl (C=O) groups excluding carboxylic acids is 1. The average Bonchev–Trinajstić information content (AvgIpc) is 2.54. The summed E-state index contributed by atoms with van der Waals surface area (Å²) >= 11 is 0. The van der Waals surface area contributed by atoms with Gasteiger partial charge in [0.05, 0.1) is 7.11 Å². The summed E-state index contributed by atoms with van der Waals surface area (Å²) in [4.78, 5) is 11.0. The Morgan fingerprint density at radius 3 is 1.95 bits per heavy atom. The van der Waals surface area contributed by atoms with Crippen molar-refractivity contribution in [2.24, 2.45) is 0 Å². The van der Waals surface area contributed by atoms with Gasteiger partial charge >= 0.3 is 5.97 Å². The molecule has 1 atom stereocenters. The molecule has 0 aromatic heterocycles. The lowest BCUT2D eigenvalue weighted by atomic mass is 10.1. The van der Waals surface area contributed by atoms with Crippen LogP contribution in [0.3, 0.4) is 0 Å². The number of methoxy groups -OCH3 is 1. The van der Waals surface area contributed by atoms with Crippen LogP contribution in [-0.4, -0.2) is 24.3 Å². The van der Waals surface area contributed by atoms with E-state index in [-0.39, 0.29) is 0 Å². The summed E-state index contributed by atoms with van der Waals surface area (Å²) in [6.45, 7) is 2.25. The van der Waals surface area contributed by atoms with Crippen molar-refractivity contribution >= 4 is 5.97 Å². The van der Waals surface area contributed by atoms with Crippen molar-refractivity contribution in [3.8, 4) is 0 Å². The first-order valence-electron chi connectivity index (χ1n) is 9.13. The predicted molar refractivity (Wildman–Crippen MR) is 92.9 cm³/mol. The van der Waals surface area contributed by atoms with E-state index >= 15 is 0 Å². The van der Waals surface area contributed by atoms with E-state index in [9.17, 15) is 9.90 Å². The molecule has 0 amide bonds. The lowest BCUT2D eigenvalue weighted by Crippen LogP contribution is -2.21. The number of allylic oxidation sites excluding steroid dienone is 2. The highest BCUT2D eigenvalue weighted by Crippen LogP contribution is 2.11. The molecule has 0 radical (unpaired) electrons. The Hall–Kier alpha value is -0.830. The zero-order valence-electron chi connectivity index (χ0n) is 14.7. The Kier molecular flexibility index (Phi) is 15.9. The van der Waals surface area contributed by atoms with E-state index < -0.39 is 12.1 Å². The van der Waals surface area contributed by atoms with Gasteiger partial charge in [0.2, 0.25) is 0 Å².